The molecule has 2 aliphatic rings. The number of benzene rings is 1. The summed E-state index contributed by atoms with van der Waals surface area (Å²) in [7, 11) is 0. The molecule has 2 bridgehead atoms. The number of likely N-dealkylation sites (tertiary alicyclic amines) is 1. The van der Waals surface area contributed by atoms with Crippen molar-refractivity contribution in [3.63, 3.8) is 0 Å². The first kappa shape index (κ1) is 9.70. The average Bonchev–Trinajstić information content (AvgIpc) is 2.85. The van der Waals surface area contributed by atoms with Crippen LogP contribution in [0.2, 0.25) is 0 Å². The normalized spacial score (nSPS) is 27.8. The smallest absolute Gasteiger partial charge is 0.226 e. The molecule has 1 amide bonds. The van der Waals surface area contributed by atoms with Gasteiger partial charge in [-0.25, -0.2) is 0 Å². The molecule has 3 nitrogen and oxygen atoms in total. The molecule has 1 aromatic rings. The van der Waals surface area contributed by atoms with Crippen molar-refractivity contribution in [1.29, 1.82) is 0 Å². The monoisotopic (exact) mass is 217 g/mol. The number of aromatic hydroxyl groups is 1. The first-order chi connectivity index (χ1) is 7.74. The molecule has 1 saturated heterocycles. The Hall–Kier alpha value is -1.51. The number of fused-ring (bicyclic) bond motifs is 2. The molecule has 2 atom stereocenters. The molecule has 1 aliphatic carbocycles. The Morgan fingerprint density at radius 3 is 2.62 bits per heavy atom. The summed E-state index contributed by atoms with van der Waals surface area (Å²) in [6.45, 7) is 0.695. The molecule has 1 aromatic carbocycles. The van der Waals surface area contributed by atoms with Gasteiger partial charge >= 0.3 is 0 Å². The molecule has 2 fully saturated rings. The Kier molecular flexibility index (Phi) is 2.13. The lowest BCUT2D eigenvalue weighted by atomic mass is 10.1. The topological polar surface area (TPSA) is 40.5 Å². The van der Waals surface area contributed by atoms with E-state index in [0.717, 1.165) is 24.8 Å². The third-order valence-electron chi connectivity index (χ3n) is 3.77. The number of hydrogen-bond acceptors (Lipinski definition) is 2. The Bertz CT molecular complexity index is 412. The summed E-state index contributed by atoms with van der Waals surface area (Å²) in [5.41, 5.74) is 1.10. The molecular formula is C13H15NO2. The fraction of sp³-hybridized carbons (Fsp3) is 0.462. The van der Waals surface area contributed by atoms with Crippen molar-refractivity contribution < 1.29 is 9.90 Å². The van der Waals surface area contributed by atoms with Gasteiger partial charge in [-0.2, -0.15) is 0 Å². The summed E-state index contributed by atoms with van der Waals surface area (Å²) in [6.07, 6.45) is 3.29. The van der Waals surface area contributed by atoms with Gasteiger partial charge in [-0.3, -0.25) is 4.79 Å². The van der Waals surface area contributed by atoms with Crippen molar-refractivity contribution in [2.24, 2.45) is 5.92 Å². The van der Waals surface area contributed by atoms with Gasteiger partial charge in [0.15, 0.2) is 0 Å². The van der Waals surface area contributed by atoms with Crippen molar-refractivity contribution in [1.82, 2.24) is 4.90 Å². The van der Waals surface area contributed by atoms with Gasteiger partial charge in [-0.15, -0.1) is 0 Å². The maximum Gasteiger partial charge on any atom is 0.226 e. The third kappa shape index (κ3) is 1.47. The summed E-state index contributed by atoms with van der Waals surface area (Å²) < 4.78 is 0. The van der Waals surface area contributed by atoms with Crippen LogP contribution in [-0.4, -0.2) is 22.0 Å². The van der Waals surface area contributed by atoms with Gasteiger partial charge in [0.1, 0.15) is 5.75 Å². The molecule has 1 saturated carbocycles. The average molecular weight is 217 g/mol. The minimum absolute atomic E-state index is 0.276. The van der Waals surface area contributed by atoms with Crippen LogP contribution in [0.5, 0.6) is 5.75 Å². The SMILES string of the molecule is O=C1[C@@H]2CC[C@@H](C2)N1Cc1ccc(O)cc1. The van der Waals surface area contributed by atoms with E-state index in [1.807, 2.05) is 17.0 Å². The first-order valence-corrected chi connectivity index (χ1v) is 5.82. The first-order valence-electron chi connectivity index (χ1n) is 5.82. The van der Waals surface area contributed by atoms with Gasteiger partial charge in [-0.05, 0) is 37.0 Å². The molecule has 84 valence electrons. The highest BCUT2D eigenvalue weighted by atomic mass is 16.3. The predicted octanol–water partition coefficient (Wildman–Crippen LogP) is 1.90. The van der Waals surface area contributed by atoms with Crippen LogP contribution < -0.4 is 0 Å². The maximum atomic E-state index is 11.9. The lowest BCUT2D eigenvalue weighted by molar-refractivity contribution is -0.134. The minimum Gasteiger partial charge on any atom is -0.508 e. The summed E-state index contributed by atoms with van der Waals surface area (Å²) in [4.78, 5) is 13.9. The van der Waals surface area contributed by atoms with Crippen molar-refractivity contribution in [3.8, 4) is 5.75 Å². The minimum atomic E-state index is 0.276. The largest absolute Gasteiger partial charge is 0.508 e. The highest BCUT2D eigenvalue weighted by Crippen LogP contribution is 2.39. The molecule has 1 N–H and O–H groups in total. The van der Waals surface area contributed by atoms with Crippen LogP contribution in [0, 0.1) is 5.92 Å². The van der Waals surface area contributed by atoms with Gasteiger partial charge in [0.05, 0.1) is 0 Å². The Morgan fingerprint density at radius 2 is 2.00 bits per heavy atom. The van der Waals surface area contributed by atoms with Gasteiger partial charge < -0.3 is 10.0 Å². The van der Waals surface area contributed by atoms with Gasteiger partial charge in [-0.1, -0.05) is 12.1 Å². The molecule has 0 unspecified atom stereocenters. The zero-order chi connectivity index (χ0) is 11.1. The van der Waals surface area contributed by atoms with Crippen LogP contribution in [0.4, 0.5) is 0 Å². The molecule has 1 heterocycles. The van der Waals surface area contributed by atoms with E-state index in [0.29, 0.717) is 24.4 Å². The zero-order valence-corrected chi connectivity index (χ0v) is 9.10. The zero-order valence-electron chi connectivity index (χ0n) is 9.10. The van der Waals surface area contributed by atoms with E-state index in [1.54, 1.807) is 12.1 Å². The second-order valence-corrected chi connectivity index (χ2v) is 4.80. The number of nitrogens with zero attached hydrogens (tertiary/aromatic N) is 1. The number of amides is 1. The van der Waals surface area contributed by atoms with Crippen molar-refractivity contribution in [3.05, 3.63) is 29.8 Å². The van der Waals surface area contributed by atoms with E-state index in [-0.39, 0.29) is 5.75 Å². The van der Waals surface area contributed by atoms with E-state index in [1.165, 1.54) is 0 Å². The Labute approximate surface area is 94.7 Å². The van der Waals surface area contributed by atoms with E-state index in [9.17, 15) is 9.90 Å². The number of rotatable bonds is 2. The standard InChI is InChI=1S/C13H15NO2/c15-12-5-1-9(2-6-12)8-14-11-4-3-10(7-11)13(14)16/h1-2,5-6,10-11,15H,3-4,7-8H2/t10-,11+/m1/s1. The van der Waals surface area contributed by atoms with Crippen LogP contribution in [0.3, 0.4) is 0 Å². The molecule has 16 heavy (non-hydrogen) atoms. The molecule has 3 heteroatoms. The van der Waals surface area contributed by atoms with Crippen LogP contribution in [-0.2, 0) is 11.3 Å². The number of hydrogen-bond donors (Lipinski definition) is 1. The quantitative estimate of drug-likeness (QED) is 0.822. The number of phenolic OH excluding ortho intramolecular Hbond substituents is 1. The number of phenols is 1. The number of carbonyl (C=O) groups excluding carboxylic acids is 1. The highest BCUT2D eigenvalue weighted by molar-refractivity contribution is 5.82. The fourth-order valence-corrected chi connectivity index (χ4v) is 2.88. The van der Waals surface area contributed by atoms with Crippen LogP contribution in [0.1, 0.15) is 24.8 Å². The molecule has 0 radical (unpaired) electrons. The summed E-state index contributed by atoms with van der Waals surface area (Å²) in [6, 6.07) is 7.58. The Morgan fingerprint density at radius 1 is 1.25 bits per heavy atom. The van der Waals surface area contributed by atoms with E-state index >= 15 is 0 Å². The summed E-state index contributed by atoms with van der Waals surface area (Å²) >= 11 is 0. The van der Waals surface area contributed by atoms with E-state index in [2.05, 4.69) is 0 Å². The van der Waals surface area contributed by atoms with Gasteiger partial charge in [0.2, 0.25) is 5.91 Å². The van der Waals surface area contributed by atoms with Crippen molar-refractivity contribution >= 4 is 5.91 Å². The van der Waals surface area contributed by atoms with Crippen molar-refractivity contribution in [2.45, 2.75) is 31.8 Å². The molecule has 0 aromatic heterocycles. The van der Waals surface area contributed by atoms with E-state index < -0.39 is 0 Å². The lowest BCUT2D eigenvalue weighted by Gasteiger charge is -2.27. The van der Waals surface area contributed by atoms with Crippen LogP contribution >= 0.6 is 0 Å². The third-order valence-corrected chi connectivity index (χ3v) is 3.77. The second kappa shape index (κ2) is 3.51. The molecular weight excluding hydrogens is 202 g/mol. The predicted molar refractivity (Wildman–Crippen MR) is 59.8 cm³/mol. The Balaban J connectivity index is 1.75. The molecule has 1 aliphatic heterocycles. The molecule has 3 rings (SSSR count). The number of carbonyl (C=O) groups is 1. The van der Waals surface area contributed by atoms with Gasteiger partial charge in [0, 0.05) is 18.5 Å². The second-order valence-electron chi connectivity index (χ2n) is 4.80. The highest BCUT2D eigenvalue weighted by Gasteiger charge is 2.44. The summed E-state index contributed by atoms with van der Waals surface area (Å²) in [5, 5.41) is 9.19. The van der Waals surface area contributed by atoms with Crippen LogP contribution in [0.25, 0.3) is 0 Å². The maximum absolute atomic E-state index is 11.9. The van der Waals surface area contributed by atoms with Gasteiger partial charge in [0.25, 0.3) is 0 Å². The lowest BCUT2D eigenvalue weighted by Crippen LogP contribution is -2.36. The number of piperidine rings is 1. The van der Waals surface area contributed by atoms with Crippen LogP contribution in [0.15, 0.2) is 24.3 Å². The van der Waals surface area contributed by atoms with E-state index in [4.69, 9.17) is 0 Å². The van der Waals surface area contributed by atoms with Crippen molar-refractivity contribution in [2.75, 3.05) is 0 Å². The molecule has 0 spiro atoms. The summed E-state index contributed by atoms with van der Waals surface area (Å²) in [5.74, 6) is 0.893. The fourth-order valence-electron chi connectivity index (χ4n) is 2.88.